The smallest absolute Gasteiger partial charge is 0.333 e. The molecule has 0 aromatic rings. The molecule has 0 amide bonds. The van der Waals surface area contributed by atoms with Crippen molar-refractivity contribution < 1.29 is 43.9 Å². The molecule has 0 aliphatic heterocycles. The van der Waals surface area contributed by atoms with E-state index in [-0.39, 0.29) is 41.2 Å². The first-order valence-corrected chi connectivity index (χ1v) is 44.7. The van der Waals surface area contributed by atoms with Crippen molar-refractivity contribution in [1.29, 1.82) is 0 Å². The summed E-state index contributed by atoms with van der Waals surface area (Å²) in [5.41, 5.74) is -1.02. The van der Waals surface area contributed by atoms with Crippen LogP contribution in [0.2, 0.25) is 0 Å². The number of ether oxygens (including phenoxy) is 3. The van der Waals surface area contributed by atoms with Crippen molar-refractivity contribution in [2.75, 3.05) is 13.2 Å². The van der Waals surface area contributed by atoms with E-state index >= 15 is 0 Å². The van der Waals surface area contributed by atoms with Gasteiger partial charge in [-0.05, 0) is 126 Å². The molecule has 0 aromatic heterocycles. The summed E-state index contributed by atoms with van der Waals surface area (Å²) in [5.74, 6) is -1.49. The SMILES string of the molecule is C/C=C(/C)C(=O)OC[C@]1(C)C2CC[C@]3(C)C(CC=C4C5CC(C)(C)[C@@H](O)[C@H](OC(=O)/C(C)=C\C)[C@]5(CO)[C@H](OC(=O)/C(C)=C\C)C[C@]43C)[C@@]2(C)CC[C@@H]1O.CC.CC.CC.CC.CC.CC.CC.CC.CC.CC.CC.CC.CC.CC.CC.CC.CC.CC.CC.CC.CC.CC.CC.CCC. The molecule has 0 spiro atoms. The summed E-state index contributed by atoms with van der Waals surface area (Å²) in [5, 5.41) is 35.4. The van der Waals surface area contributed by atoms with Crippen LogP contribution in [0, 0.1) is 50.2 Å². The van der Waals surface area contributed by atoms with Gasteiger partial charge in [-0.25, -0.2) is 14.4 Å². The molecule has 644 valence electrons. The van der Waals surface area contributed by atoms with E-state index in [0.717, 1.165) is 25.7 Å². The average Bonchev–Trinajstić information content (AvgIpc) is 0.670. The molecule has 0 bridgehead atoms. The lowest BCUT2D eigenvalue weighted by molar-refractivity contribution is -0.266. The second kappa shape index (κ2) is 113. The number of carbonyl (C=O) groups is 3. The maximum atomic E-state index is 13.8. The zero-order valence-corrected chi connectivity index (χ0v) is 83.7. The van der Waals surface area contributed by atoms with E-state index in [1.807, 2.05) is 339 Å². The van der Waals surface area contributed by atoms with Gasteiger partial charge in [0.15, 0.2) is 0 Å². The Morgan fingerprint density at radius 3 is 1.05 bits per heavy atom. The summed E-state index contributed by atoms with van der Waals surface area (Å²) in [7, 11) is 0. The molecule has 3 N–H and O–H groups in total. The summed E-state index contributed by atoms with van der Waals surface area (Å²) >= 11 is 0. The van der Waals surface area contributed by atoms with Crippen LogP contribution < -0.4 is 0 Å². The number of rotatable bonds is 8. The van der Waals surface area contributed by atoms with Gasteiger partial charge in [0.05, 0.1) is 30.8 Å². The van der Waals surface area contributed by atoms with Crippen LogP contribution in [0.5, 0.6) is 0 Å². The van der Waals surface area contributed by atoms with Gasteiger partial charge in [-0.1, -0.05) is 410 Å². The number of fused-ring (bicyclic) bond motifs is 7. The zero-order chi connectivity index (χ0) is 89.1. The first kappa shape index (κ1) is 153. The van der Waals surface area contributed by atoms with Gasteiger partial charge in [-0.2, -0.15) is 0 Å². The Bertz CT molecular complexity index is 1660. The molecule has 3 unspecified atom stereocenters. The molecule has 4 saturated carbocycles. The fraction of sp³-hybridized carbons (Fsp3) is 0.883. The fourth-order valence-electron chi connectivity index (χ4n) is 12.3. The second-order valence-corrected chi connectivity index (χ2v) is 19.9. The Morgan fingerprint density at radius 2 is 0.748 bits per heavy atom. The molecule has 0 radical (unpaired) electrons. The Balaban J connectivity index is -0.0000000660. The monoisotopic (exact) mass is 1490 g/mol. The fourth-order valence-corrected chi connectivity index (χ4v) is 12.3. The summed E-state index contributed by atoms with van der Waals surface area (Å²) in [6, 6.07) is 0. The molecule has 0 aromatic carbocycles. The summed E-state index contributed by atoms with van der Waals surface area (Å²) < 4.78 is 18.7. The molecule has 12 atom stereocenters. The molecule has 0 heterocycles. The maximum absolute atomic E-state index is 13.8. The molecule has 5 aliphatic carbocycles. The van der Waals surface area contributed by atoms with Crippen LogP contribution in [0.1, 0.15) is 467 Å². The van der Waals surface area contributed by atoms with Crippen LogP contribution >= 0.6 is 0 Å². The summed E-state index contributed by atoms with van der Waals surface area (Å²) in [4.78, 5) is 40.1. The number of allylic oxidation sites excluding steroid dienone is 5. The third-order valence-electron chi connectivity index (χ3n) is 16.4. The third kappa shape index (κ3) is 50.6. The lowest BCUT2D eigenvalue weighted by Gasteiger charge is -2.72. The predicted octanol–water partition coefficient (Wildman–Crippen LogP) is 32.6. The summed E-state index contributed by atoms with van der Waals surface area (Å²) in [6.45, 7) is 120. The first-order valence-electron chi connectivity index (χ1n) is 44.7. The van der Waals surface area contributed by atoms with Crippen molar-refractivity contribution >= 4 is 17.9 Å². The van der Waals surface area contributed by atoms with Crippen LogP contribution in [-0.2, 0) is 28.6 Å². The number of carbonyl (C=O) groups excluding carboxylic acids is 3. The third-order valence-corrected chi connectivity index (χ3v) is 16.4. The van der Waals surface area contributed by atoms with E-state index in [1.54, 1.807) is 52.8 Å². The highest BCUT2D eigenvalue weighted by atomic mass is 16.6. The lowest BCUT2D eigenvalue weighted by atomic mass is 9.33. The minimum absolute atomic E-state index is 0.0950. The van der Waals surface area contributed by atoms with Crippen LogP contribution in [0.4, 0.5) is 0 Å². The highest BCUT2D eigenvalue weighted by Crippen LogP contribution is 2.76. The second-order valence-electron chi connectivity index (χ2n) is 19.9. The number of esters is 3. The van der Waals surface area contributed by atoms with Crippen LogP contribution in [0.15, 0.2) is 46.6 Å². The van der Waals surface area contributed by atoms with Gasteiger partial charge in [0.2, 0.25) is 0 Å². The van der Waals surface area contributed by atoms with Gasteiger partial charge in [0.1, 0.15) is 12.2 Å². The molecule has 4 fully saturated rings. The lowest BCUT2D eigenvalue weighted by Crippen LogP contribution is -2.72. The Labute approximate surface area is 659 Å². The number of aliphatic hydroxyl groups excluding tert-OH is 3. The van der Waals surface area contributed by atoms with E-state index in [4.69, 9.17) is 14.2 Å². The van der Waals surface area contributed by atoms with Crippen molar-refractivity contribution in [2.45, 2.75) is 491 Å². The topological polar surface area (TPSA) is 140 Å². The Kier molecular flexibility index (Phi) is 168. The van der Waals surface area contributed by atoms with Crippen molar-refractivity contribution in [3.63, 3.8) is 0 Å². The average molecular weight is 1490 g/mol. The largest absolute Gasteiger partial charge is 0.462 e. The number of hydrogen-bond acceptors (Lipinski definition) is 9. The van der Waals surface area contributed by atoms with Crippen LogP contribution in [-0.4, -0.2) is 70.9 Å². The Hall–Kier alpha value is -2.75. The number of hydrogen-bond donors (Lipinski definition) is 3. The summed E-state index contributed by atoms with van der Waals surface area (Å²) in [6.07, 6.45) is 9.77. The van der Waals surface area contributed by atoms with Gasteiger partial charge in [-0.3, -0.25) is 0 Å². The van der Waals surface area contributed by atoms with E-state index in [9.17, 15) is 29.7 Å². The predicted molar refractivity (Wildman–Crippen MR) is 485 cm³/mol. The van der Waals surface area contributed by atoms with Crippen molar-refractivity contribution in [1.82, 2.24) is 0 Å². The Morgan fingerprint density at radius 1 is 0.447 bits per heavy atom. The maximum Gasteiger partial charge on any atom is 0.333 e. The molecule has 0 saturated heterocycles. The van der Waals surface area contributed by atoms with E-state index in [2.05, 4.69) is 47.6 Å². The molecule has 9 heteroatoms. The minimum Gasteiger partial charge on any atom is -0.462 e. The van der Waals surface area contributed by atoms with Crippen molar-refractivity contribution in [3.05, 3.63) is 46.6 Å². The van der Waals surface area contributed by atoms with Gasteiger partial charge < -0.3 is 29.5 Å². The van der Waals surface area contributed by atoms with E-state index in [1.165, 1.54) is 12.0 Å². The van der Waals surface area contributed by atoms with E-state index < -0.39 is 64.6 Å². The standard InChI is InChI=1S/C45H68O9.C3H8.23C2H6/c1-13-26(4)37(49)52-25-42(10)31-18-21-43(11)32(41(31,9)20-19-33(42)47)17-16-29-30-22-40(7,8)35(48)36(54-39(51)28(6)15-3)45(30,24-46)34(23-44(29,43)12)53-38(50)27(5)14-2;1-3-2;23*1-2/h13-16,30-36,46-48H,17-25H2,1-12H3;3H2,1-2H3;23*1-2H3/b26-13-,27-14-,28-15-;;;;;;;;;;;;;;;;;;;;;;;;/t30?,31?,32?,33-,34+,35-,36-,41-,42+,43+,44+,45-;;;;;;;;;;;;;;;;;;;;;;;;/m0......................../s1. The first-order chi connectivity index (χ1) is 49.5. The minimum atomic E-state index is -1.29. The number of aliphatic hydroxyl groups is 3. The van der Waals surface area contributed by atoms with Crippen LogP contribution in [0.25, 0.3) is 0 Å². The quantitative estimate of drug-likeness (QED) is 0.0938. The highest BCUT2D eigenvalue weighted by Gasteiger charge is 2.74. The van der Waals surface area contributed by atoms with Gasteiger partial charge in [-0.15, -0.1) is 0 Å². The van der Waals surface area contributed by atoms with Gasteiger partial charge in [0.25, 0.3) is 0 Å². The van der Waals surface area contributed by atoms with E-state index in [0.29, 0.717) is 36.0 Å². The van der Waals surface area contributed by atoms with Gasteiger partial charge >= 0.3 is 17.9 Å². The molecule has 5 rings (SSSR count). The van der Waals surface area contributed by atoms with Crippen molar-refractivity contribution in [2.24, 2.45) is 50.2 Å². The zero-order valence-electron chi connectivity index (χ0n) is 83.7. The molecular weight excluding hydrogens is 1270 g/mol. The highest BCUT2D eigenvalue weighted by molar-refractivity contribution is 5.89. The van der Waals surface area contributed by atoms with Crippen LogP contribution in [0.3, 0.4) is 0 Å². The molecule has 5 aliphatic rings. The molecule has 103 heavy (non-hydrogen) atoms. The molecule has 9 nitrogen and oxygen atoms in total. The molecular formula is C94H214O9. The van der Waals surface area contributed by atoms with Crippen molar-refractivity contribution in [3.8, 4) is 0 Å². The normalized spacial score (nSPS) is 24.2. The van der Waals surface area contributed by atoms with Gasteiger partial charge in [0, 0.05) is 22.1 Å².